The third-order valence-corrected chi connectivity index (χ3v) is 4.80. The number of benzene rings is 1. The lowest BCUT2D eigenvalue weighted by atomic mass is 9.84. The van der Waals surface area contributed by atoms with Crippen LogP contribution < -0.4 is 0 Å². The highest BCUT2D eigenvalue weighted by Gasteiger charge is 2.33. The van der Waals surface area contributed by atoms with E-state index in [0.29, 0.717) is 25.7 Å². The summed E-state index contributed by atoms with van der Waals surface area (Å²) in [7, 11) is 0. The van der Waals surface area contributed by atoms with Crippen molar-refractivity contribution in [3.63, 3.8) is 0 Å². The molecule has 0 aromatic heterocycles. The molecule has 0 radical (unpaired) electrons. The van der Waals surface area contributed by atoms with Gasteiger partial charge in [0.15, 0.2) is 6.10 Å². The summed E-state index contributed by atoms with van der Waals surface area (Å²) in [6, 6.07) is 10.3. The Morgan fingerprint density at radius 3 is 2.64 bits per heavy atom. The molecule has 1 aromatic carbocycles. The van der Waals surface area contributed by atoms with Gasteiger partial charge in [0, 0.05) is 6.54 Å². The number of hydrogen-bond donors (Lipinski definition) is 0. The molecule has 1 heterocycles. The van der Waals surface area contributed by atoms with E-state index < -0.39 is 6.10 Å². The molecule has 0 N–H and O–H groups in total. The smallest absolute Gasteiger partial charge is 0.254 e. The lowest BCUT2D eigenvalue weighted by Crippen LogP contribution is -2.48. The van der Waals surface area contributed by atoms with Crippen LogP contribution in [0.2, 0.25) is 0 Å². The molecule has 2 aliphatic rings. The lowest BCUT2D eigenvalue weighted by molar-refractivity contribution is -0.161. The van der Waals surface area contributed by atoms with Crippen molar-refractivity contribution in [3.8, 4) is 0 Å². The van der Waals surface area contributed by atoms with E-state index >= 15 is 0 Å². The van der Waals surface area contributed by atoms with Gasteiger partial charge in [-0.1, -0.05) is 36.8 Å². The van der Waals surface area contributed by atoms with E-state index in [2.05, 4.69) is 19.1 Å². The largest absolute Gasteiger partial charge is 0.376 e. The van der Waals surface area contributed by atoms with Crippen LogP contribution in [0.25, 0.3) is 0 Å². The summed E-state index contributed by atoms with van der Waals surface area (Å²) in [4.78, 5) is 14.9. The van der Waals surface area contributed by atoms with E-state index in [1.807, 2.05) is 23.1 Å². The van der Waals surface area contributed by atoms with E-state index in [1.165, 1.54) is 24.8 Å². The molecule has 1 aliphatic heterocycles. The minimum Gasteiger partial charge on any atom is -0.376 e. The first-order valence-electron chi connectivity index (χ1n) is 8.30. The molecule has 0 unspecified atom stereocenters. The van der Waals surface area contributed by atoms with E-state index in [4.69, 9.17) is 9.47 Å². The van der Waals surface area contributed by atoms with Crippen molar-refractivity contribution < 1.29 is 14.3 Å². The molecule has 0 bridgehead atoms. The predicted octanol–water partition coefficient (Wildman–Crippen LogP) is 2.79. The van der Waals surface area contributed by atoms with Crippen molar-refractivity contribution in [2.75, 3.05) is 26.4 Å². The highest BCUT2D eigenvalue weighted by atomic mass is 16.6. The van der Waals surface area contributed by atoms with Crippen LogP contribution in [0.5, 0.6) is 0 Å². The van der Waals surface area contributed by atoms with Gasteiger partial charge in [-0.15, -0.1) is 0 Å². The molecular weight excluding hydrogens is 278 g/mol. The Labute approximate surface area is 132 Å². The van der Waals surface area contributed by atoms with Crippen LogP contribution in [-0.4, -0.2) is 43.3 Å². The second-order valence-corrected chi connectivity index (χ2v) is 6.31. The first-order chi connectivity index (χ1) is 10.8. The predicted molar refractivity (Wildman–Crippen MR) is 84.5 cm³/mol. The summed E-state index contributed by atoms with van der Waals surface area (Å²) in [5.41, 5.74) is 1.17. The van der Waals surface area contributed by atoms with E-state index in [9.17, 15) is 4.79 Å². The Hall–Kier alpha value is -1.39. The summed E-state index contributed by atoms with van der Waals surface area (Å²) in [6.07, 6.45) is 3.30. The third kappa shape index (κ3) is 3.50. The molecule has 3 rings (SSSR count). The number of amides is 1. The fraction of sp³-hybridized carbons (Fsp3) is 0.611. The van der Waals surface area contributed by atoms with Gasteiger partial charge in [0.2, 0.25) is 0 Å². The molecule has 0 spiro atoms. The Kier molecular flexibility index (Phi) is 5.11. The van der Waals surface area contributed by atoms with Crippen LogP contribution in [-0.2, 0) is 14.3 Å². The normalized spacial score (nSPS) is 23.6. The highest BCUT2D eigenvalue weighted by Crippen LogP contribution is 2.31. The number of nitrogens with zero attached hydrogens (tertiary/aromatic N) is 1. The average molecular weight is 303 g/mol. The molecular formula is C18H25NO3. The standard InChI is InChI=1S/C18H25NO3/c1-14(16-8-3-2-4-9-16)19(12-15-6-5-7-15)18(20)17-13-21-10-11-22-17/h2-4,8-9,14-15,17H,5-7,10-13H2,1H3/t14-,17-/m0/s1. The zero-order valence-electron chi connectivity index (χ0n) is 13.2. The summed E-state index contributed by atoms with van der Waals surface area (Å²) in [5, 5.41) is 0. The lowest BCUT2D eigenvalue weighted by Gasteiger charge is -2.38. The van der Waals surface area contributed by atoms with Crippen molar-refractivity contribution in [1.82, 2.24) is 4.90 Å². The van der Waals surface area contributed by atoms with Gasteiger partial charge < -0.3 is 14.4 Å². The van der Waals surface area contributed by atoms with Crippen molar-refractivity contribution in [2.24, 2.45) is 5.92 Å². The Morgan fingerprint density at radius 1 is 1.27 bits per heavy atom. The summed E-state index contributed by atoms with van der Waals surface area (Å²) < 4.78 is 11.0. The Morgan fingerprint density at radius 2 is 2.05 bits per heavy atom. The minimum atomic E-state index is -0.444. The molecule has 2 fully saturated rings. The van der Waals surface area contributed by atoms with Crippen LogP contribution in [0, 0.1) is 5.92 Å². The quantitative estimate of drug-likeness (QED) is 0.839. The maximum Gasteiger partial charge on any atom is 0.254 e. The van der Waals surface area contributed by atoms with Gasteiger partial charge in [-0.3, -0.25) is 4.79 Å². The Balaban J connectivity index is 1.74. The molecule has 120 valence electrons. The second kappa shape index (κ2) is 7.25. The maximum absolute atomic E-state index is 12.9. The number of rotatable bonds is 5. The van der Waals surface area contributed by atoms with Crippen LogP contribution in [0.3, 0.4) is 0 Å². The molecule has 1 aliphatic carbocycles. The molecule has 22 heavy (non-hydrogen) atoms. The monoisotopic (exact) mass is 303 g/mol. The van der Waals surface area contributed by atoms with Crippen molar-refractivity contribution in [2.45, 2.75) is 38.3 Å². The van der Waals surface area contributed by atoms with E-state index in [0.717, 1.165) is 6.54 Å². The number of carbonyl (C=O) groups is 1. The molecule has 1 aromatic rings. The molecule has 4 nitrogen and oxygen atoms in total. The Bertz CT molecular complexity index is 480. The van der Waals surface area contributed by atoms with Gasteiger partial charge in [-0.05, 0) is 31.2 Å². The third-order valence-electron chi connectivity index (χ3n) is 4.80. The number of hydrogen-bond acceptors (Lipinski definition) is 3. The average Bonchev–Trinajstić information content (AvgIpc) is 2.54. The van der Waals surface area contributed by atoms with Crippen molar-refractivity contribution in [3.05, 3.63) is 35.9 Å². The fourth-order valence-electron chi connectivity index (χ4n) is 3.12. The molecule has 1 saturated heterocycles. The fourth-order valence-corrected chi connectivity index (χ4v) is 3.12. The number of ether oxygens (including phenoxy) is 2. The molecule has 2 atom stereocenters. The van der Waals surface area contributed by atoms with Gasteiger partial charge in [-0.2, -0.15) is 0 Å². The zero-order chi connectivity index (χ0) is 15.4. The van der Waals surface area contributed by atoms with Gasteiger partial charge in [0.25, 0.3) is 5.91 Å². The van der Waals surface area contributed by atoms with E-state index in [-0.39, 0.29) is 11.9 Å². The highest BCUT2D eigenvalue weighted by molar-refractivity contribution is 5.81. The van der Waals surface area contributed by atoms with E-state index in [1.54, 1.807) is 0 Å². The van der Waals surface area contributed by atoms with Crippen molar-refractivity contribution >= 4 is 5.91 Å². The molecule has 1 amide bonds. The van der Waals surface area contributed by atoms with Gasteiger partial charge in [-0.25, -0.2) is 0 Å². The second-order valence-electron chi connectivity index (χ2n) is 6.31. The van der Waals surface area contributed by atoms with Crippen LogP contribution >= 0.6 is 0 Å². The first-order valence-corrected chi connectivity index (χ1v) is 8.30. The topological polar surface area (TPSA) is 38.8 Å². The zero-order valence-corrected chi connectivity index (χ0v) is 13.2. The van der Waals surface area contributed by atoms with Gasteiger partial charge in [0.05, 0.1) is 25.9 Å². The van der Waals surface area contributed by atoms with Gasteiger partial charge in [0.1, 0.15) is 0 Å². The number of carbonyl (C=O) groups excluding carboxylic acids is 1. The first kappa shape index (κ1) is 15.5. The molecule has 1 saturated carbocycles. The van der Waals surface area contributed by atoms with Gasteiger partial charge >= 0.3 is 0 Å². The molecule has 4 heteroatoms. The van der Waals surface area contributed by atoms with Crippen LogP contribution in [0.15, 0.2) is 30.3 Å². The van der Waals surface area contributed by atoms with Crippen molar-refractivity contribution in [1.29, 1.82) is 0 Å². The summed E-state index contributed by atoms with van der Waals surface area (Å²) >= 11 is 0. The maximum atomic E-state index is 12.9. The van der Waals surface area contributed by atoms with Crippen LogP contribution in [0.4, 0.5) is 0 Å². The SMILES string of the molecule is C[C@@H](c1ccccc1)N(CC1CCC1)C(=O)[C@@H]1COCCO1. The van der Waals surface area contributed by atoms with Crippen LogP contribution in [0.1, 0.15) is 37.8 Å². The minimum absolute atomic E-state index is 0.0693. The summed E-state index contributed by atoms with van der Waals surface area (Å²) in [6.45, 7) is 4.40. The summed E-state index contributed by atoms with van der Waals surface area (Å²) in [5.74, 6) is 0.711.